The molecule has 0 aliphatic heterocycles. The topological polar surface area (TPSA) is 76.2 Å². The van der Waals surface area contributed by atoms with Gasteiger partial charge >= 0.3 is 0 Å². The number of fused-ring (bicyclic) bond motifs is 4. The maximum Gasteiger partial charge on any atom is 0.216 e. The van der Waals surface area contributed by atoms with E-state index in [9.17, 15) is 9.90 Å². The van der Waals surface area contributed by atoms with Crippen LogP contribution in [0, 0.1) is 31.7 Å². The van der Waals surface area contributed by atoms with Gasteiger partial charge in [-0.2, -0.15) is 0 Å². The molecule has 1 N–H and O–H groups in total. The molecule has 5 nitrogen and oxygen atoms in total. The zero-order valence-corrected chi connectivity index (χ0v) is 26.7. The van der Waals surface area contributed by atoms with Crippen molar-refractivity contribution in [1.82, 2.24) is 9.97 Å². The Morgan fingerprint density at radius 1 is 1.10 bits per heavy atom. The molecular weight excluding hydrogens is 697 g/mol. The van der Waals surface area contributed by atoms with Crippen molar-refractivity contribution < 1.29 is 38.5 Å². The first-order valence-corrected chi connectivity index (χ1v) is 14.4. The van der Waals surface area contributed by atoms with Crippen LogP contribution in [0.25, 0.3) is 43.4 Å². The Balaban J connectivity index is 0.000000274. The van der Waals surface area contributed by atoms with Gasteiger partial charge in [-0.3, -0.25) is 4.79 Å². The first kappa shape index (κ1) is 27.3. The van der Waals surface area contributed by atoms with Crippen molar-refractivity contribution in [2.45, 2.75) is 67.2 Å². The molecule has 0 unspecified atom stereocenters. The number of rotatable bonds is 8. The maximum absolute atomic E-state index is 11.7. The largest absolute Gasteiger partial charge is 0.512 e. The van der Waals surface area contributed by atoms with Crippen LogP contribution < -0.4 is 0 Å². The summed E-state index contributed by atoms with van der Waals surface area (Å²) < 4.78 is 29.9. The van der Waals surface area contributed by atoms with Gasteiger partial charge in [0.05, 0.1) is 11.3 Å². The third-order valence-corrected chi connectivity index (χ3v) is 8.35. The molecule has 4 aromatic heterocycles. The number of hydrogen-bond donors (Lipinski definition) is 1. The molecule has 40 heavy (non-hydrogen) atoms. The second-order valence-corrected chi connectivity index (χ2v) is 10.6. The Kier molecular flexibility index (Phi) is 9.67. The second-order valence-electron chi connectivity index (χ2n) is 9.70. The van der Waals surface area contributed by atoms with E-state index < -0.39 is 6.85 Å². The normalized spacial score (nSPS) is 13.2. The van der Waals surface area contributed by atoms with E-state index in [0.29, 0.717) is 11.3 Å². The van der Waals surface area contributed by atoms with Crippen LogP contribution in [0.15, 0.2) is 58.2 Å². The van der Waals surface area contributed by atoms with Crippen molar-refractivity contribution in [3.63, 3.8) is 0 Å². The molecule has 7 heteroatoms. The Morgan fingerprint density at radius 2 is 1.82 bits per heavy atom. The fraction of sp³-hybridized carbons (Fsp3) is 0.364. The molecule has 0 saturated heterocycles. The fourth-order valence-electron chi connectivity index (χ4n) is 4.90. The van der Waals surface area contributed by atoms with E-state index in [1.807, 2.05) is 45.9 Å². The summed E-state index contributed by atoms with van der Waals surface area (Å²) >= 11 is 1.68. The third-order valence-electron chi connectivity index (χ3n) is 7.29. The SMILES string of the molecule is CCC(CC)C(=O)/C=C(\O)C(CC)CC.[2H]C([2H])([2H])c1ccc2c(n1)oc1c(-c3nccc4scc(C)c34)[c-]ccc12.[Ir]. The molecule has 5 aromatic rings. The molecule has 5 rings (SSSR count). The van der Waals surface area contributed by atoms with Gasteiger partial charge in [0.1, 0.15) is 0 Å². The standard InChI is InChI=1S/C20H13N2OS.C13H24O2.Ir/c1-11-10-24-16-8-9-21-18(17(11)16)15-5-3-4-13-14-7-6-12(2)22-20(14)23-19(13)15;1-5-10(6-2)12(14)9-13(15)11(7-3)8-4;/h3-4,6-10H,1-2H3;9-11,14H,5-8H2,1-4H3;/q-1;;/b;12-9-;/i2D3;;. The first-order chi connectivity index (χ1) is 20.0. The van der Waals surface area contributed by atoms with E-state index >= 15 is 0 Å². The van der Waals surface area contributed by atoms with Gasteiger partial charge in [-0.05, 0) is 74.0 Å². The number of aliphatic hydroxyl groups excluding tert-OH is 1. The van der Waals surface area contributed by atoms with E-state index in [-0.39, 0.29) is 49.2 Å². The summed E-state index contributed by atoms with van der Waals surface area (Å²) in [6.45, 7) is 7.86. The predicted octanol–water partition coefficient (Wildman–Crippen LogP) is 9.54. The summed E-state index contributed by atoms with van der Waals surface area (Å²) in [5, 5.41) is 14.6. The van der Waals surface area contributed by atoms with Crippen LogP contribution in [0.4, 0.5) is 0 Å². The summed E-state index contributed by atoms with van der Waals surface area (Å²) in [6.07, 6.45) is 6.69. The molecular formula is C33H37IrN2O3S-. The van der Waals surface area contributed by atoms with E-state index in [2.05, 4.69) is 28.3 Å². The van der Waals surface area contributed by atoms with E-state index in [4.69, 9.17) is 8.53 Å². The van der Waals surface area contributed by atoms with Gasteiger partial charge < -0.3 is 14.5 Å². The molecule has 0 spiro atoms. The average molecular weight is 737 g/mol. The van der Waals surface area contributed by atoms with Crippen molar-refractivity contribution in [2.24, 2.45) is 11.8 Å². The van der Waals surface area contributed by atoms with Gasteiger partial charge in [0.15, 0.2) is 5.78 Å². The molecule has 213 valence electrons. The summed E-state index contributed by atoms with van der Waals surface area (Å²) in [4.78, 5) is 20.5. The molecule has 0 aliphatic rings. The van der Waals surface area contributed by atoms with Crippen LogP contribution in [0.3, 0.4) is 0 Å². The van der Waals surface area contributed by atoms with Crippen molar-refractivity contribution in [1.29, 1.82) is 0 Å². The number of hydrogen-bond acceptors (Lipinski definition) is 6. The summed E-state index contributed by atoms with van der Waals surface area (Å²) in [5.74, 6) is 0.547. The van der Waals surface area contributed by atoms with Crippen molar-refractivity contribution in [3.05, 3.63) is 71.1 Å². The second kappa shape index (κ2) is 14.2. The number of aromatic nitrogens is 2. The zero-order valence-electron chi connectivity index (χ0n) is 26.5. The molecule has 0 fully saturated rings. The molecule has 0 atom stereocenters. The molecule has 0 aliphatic carbocycles. The van der Waals surface area contributed by atoms with Crippen molar-refractivity contribution in [3.8, 4) is 11.3 Å². The number of nitrogens with zero attached hydrogens (tertiary/aromatic N) is 2. The van der Waals surface area contributed by atoms with E-state index in [1.54, 1.807) is 23.6 Å². The van der Waals surface area contributed by atoms with E-state index in [0.717, 1.165) is 63.4 Å². The Morgan fingerprint density at radius 3 is 2.50 bits per heavy atom. The Hall–Kier alpha value is -2.86. The number of aryl methyl sites for hydroxylation is 2. The Bertz CT molecular complexity index is 1730. The Labute approximate surface area is 258 Å². The van der Waals surface area contributed by atoms with Crippen molar-refractivity contribution >= 4 is 49.3 Å². The number of thiophene rings is 1. The van der Waals surface area contributed by atoms with Gasteiger partial charge in [0.2, 0.25) is 5.71 Å². The first-order valence-electron chi connectivity index (χ1n) is 15.1. The summed E-state index contributed by atoms with van der Waals surface area (Å²) in [7, 11) is 0. The van der Waals surface area contributed by atoms with Gasteiger partial charge in [0, 0.05) is 69.8 Å². The van der Waals surface area contributed by atoms with Crippen LogP contribution in [-0.4, -0.2) is 20.9 Å². The van der Waals surface area contributed by atoms with Crippen LogP contribution in [0.1, 0.15) is 68.7 Å². The summed E-state index contributed by atoms with van der Waals surface area (Å²) in [6, 6.07) is 12.3. The number of pyridine rings is 2. The quantitative estimate of drug-likeness (QED) is 0.0976. The molecule has 0 saturated carbocycles. The van der Waals surface area contributed by atoms with Gasteiger partial charge in [-0.1, -0.05) is 38.6 Å². The number of allylic oxidation sites excluding steroid dienone is 2. The smallest absolute Gasteiger partial charge is 0.216 e. The average Bonchev–Trinajstić information content (AvgIpc) is 3.54. The molecule has 0 bridgehead atoms. The number of carbonyl (C=O) groups is 1. The van der Waals surface area contributed by atoms with Gasteiger partial charge in [-0.15, -0.1) is 29.5 Å². The van der Waals surface area contributed by atoms with Crippen LogP contribution in [0.2, 0.25) is 0 Å². The minimum Gasteiger partial charge on any atom is -0.512 e. The monoisotopic (exact) mass is 737 g/mol. The minimum absolute atomic E-state index is 0. The van der Waals surface area contributed by atoms with Crippen LogP contribution >= 0.6 is 11.3 Å². The minimum atomic E-state index is -2.27. The molecule has 4 heterocycles. The molecule has 1 radical (unpaired) electrons. The number of carbonyl (C=O) groups excluding carboxylic acids is 1. The third kappa shape index (κ3) is 6.54. The van der Waals surface area contributed by atoms with Crippen LogP contribution in [-0.2, 0) is 24.9 Å². The van der Waals surface area contributed by atoms with E-state index in [1.165, 1.54) is 12.1 Å². The molecule has 1 aromatic carbocycles. The van der Waals surface area contributed by atoms with Gasteiger partial charge in [0.25, 0.3) is 0 Å². The number of furan rings is 1. The predicted molar refractivity (Wildman–Crippen MR) is 162 cm³/mol. The number of ketones is 1. The van der Waals surface area contributed by atoms with Crippen LogP contribution in [0.5, 0.6) is 0 Å². The zero-order chi connectivity index (χ0) is 30.6. The number of aliphatic hydroxyl groups is 1. The number of benzene rings is 1. The summed E-state index contributed by atoms with van der Waals surface area (Å²) in [5.41, 5.74) is 3.68. The van der Waals surface area contributed by atoms with Gasteiger partial charge in [-0.25, -0.2) is 4.98 Å². The fourth-order valence-corrected chi connectivity index (χ4v) is 5.84. The van der Waals surface area contributed by atoms with Crippen molar-refractivity contribution in [2.75, 3.05) is 0 Å². The maximum atomic E-state index is 11.7. The molecule has 0 amide bonds.